The molecule has 0 saturated carbocycles. The summed E-state index contributed by atoms with van der Waals surface area (Å²) in [6.07, 6.45) is 0.996. The monoisotopic (exact) mass is 191 g/mol. The fourth-order valence-electron chi connectivity index (χ4n) is 1.45. The lowest BCUT2D eigenvalue weighted by atomic mass is 10.0. The molecule has 0 aliphatic carbocycles. The van der Waals surface area contributed by atoms with Crippen LogP contribution in [0.3, 0.4) is 0 Å². The van der Waals surface area contributed by atoms with Crippen LogP contribution in [0.5, 0.6) is 0 Å². The SMILES string of the molecule is CC[C@@H](N)c1ccc2sccc2c1. The van der Waals surface area contributed by atoms with Gasteiger partial charge < -0.3 is 5.73 Å². The lowest BCUT2D eigenvalue weighted by Gasteiger charge is -2.08. The Balaban J connectivity index is 2.48. The molecular formula is C11H13NS. The van der Waals surface area contributed by atoms with Crippen LogP contribution in [-0.2, 0) is 0 Å². The Morgan fingerprint density at radius 3 is 3.00 bits per heavy atom. The second-order valence-electron chi connectivity index (χ2n) is 3.23. The van der Waals surface area contributed by atoms with Crippen LogP contribution in [0.15, 0.2) is 29.6 Å². The first-order valence-corrected chi connectivity index (χ1v) is 5.42. The Morgan fingerprint density at radius 2 is 2.23 bits per heavy atom. The molecule has 0 unspecified atom stereocenters. The van der Waals surface area contributed by atoms with Crippen LogP contribution >= 0.6 is 11.3 Å². The molecule has 68 valence electrons. The molecule has 0 aliphatic heterocycles. The van der Waals surface area contributed by atoms with Gasteiger partial charge in [0.05, 0.1) is 0 Å². The minimum Gasteiger partial charge on any atom is -0.324 e. The summed E-state index contributed by atoms with van der Waals surface area (Å²) in [7, 11) is 0. The van der Waals surface area contributed by atoms with Crippen LogP contribution in [-0.4, -0.2) is 0 Å². The molecule has 0 spiro atoms. The van der Waals surface area contributed by atoms with Gasteiger partial charge in [-0.1, -0.05) is 13.0 Å². The van der Waals surface area contributed by atoms with E-state index in [-0.39, 0.29) is 6.04 Å². The average Bonchev–Trinajstić information content (AvgIpc) is 2.63. The second kappa shape index (κ2) is 3.48. The molecule has 0 saturated heterocycles. The van der Waals surface area contributed by atoms with E-state index in [0.717, 1.165) is 6.42 Å². The van der Waals surface area contributed by atoms with Crippen LogP contribution in [0, 0.1) is 0 Å². The third-order valence-electron chi connectivity index (χ3n) is 2.34. The van der Waals surface area contributed by atoms with Crippen molar-refractivity contribution < 1.29 is 0 Å². The molecular weight excluding hydrogens is 178 g/mol. The summed E-state index contributed by atoms with van der Waals surface area (Å²) < 4.78 is 1.34. The van der Waals surface area contributed by atoms with E-state index in [1.54, 1.807) is 11.3 Å². The minimum absolute atomic E-state index is 0.185. The van der Waals surface area contributed by atoms with E-state index in [4.69, 9.17) is 5.73 Å². The number of nitrogens with two attached hydrogens (primary N) is 1. The Hall–Kier alpha value is -0.860. The normalized spacial score (nSPS) is 13.4. The van der Waals surface area contributed by atoms with E-state index in [1.165, 1.54) is 15.6 Å². The Morgan fingerprint density at radius 1 is 1.38 bits per heavy atom. The van der Waals surface area contributed by atoms with Crippen molar-refractivity contribution in [3.05, 3.63) is 35.2 Å². The highest BCUT2D eigenvalue weighted by atomic mass is 32.1. The van der Waals surface area contributed by atoms with Crippen LogP contribution in [0.1, 0.15) is 24.9 Å². The Kier molecular flexibility index (Phi) is 2.34. The van der Waals surface area contributed by atoms with Gasteiger partial charge in [0.2, 0.25) is 0 Å². The predicted molar refractivity (Wildman–Crippen MR) is 59.0 cm³/mol. The molecule has 13 heavy (non-hydrogen) atoms. The number of benzene rings is 1. The van der Waals surface area contributed by atoms with E-state index in [2.05, 4.69) is 36.6 Å². The van der Waals surface area contributed by atoms with Gasteiger partial charge in [-0.3, -0.25) is 0 Å². The van der Waals surface area contributed by atoms with Crippen molar-refractivity contribution in [1.82, 2.24) is 0 Å². The van der Waals surface area contributed by atoms with Gasteiger partial charge in [-0.05, 0) is 40.9 Å². The zero-order chi connectivity index (χ0) is 9.26. The van der Waals surface area contributed by atoms with Crippen molar-refractivity contribution in [2.24, 2.45) is 5.73 Å². The van der Waals surface area contributed by atoms with Gasteiger partial charge in [0.25, 0.3) is 0 Å². The Labute approximate surface area is 82.2 Å². The average molecular weight is 191 g/mol. The predicted octanol–water partition coefficient (Wildman–Crippen LogP) is 3.31. The third kappa shape index (κ3) is 1.60. The lowest BCUT2D eigenvalue weighted by Crippen LogP contribution is -2.07. The molecule has 2 aromatic rings. The molecule has 0 amide bonds. The van der Waals surface area contributed by atoms with Gasteiger partial charge >= 0.3 is 0 Å². The van der Waals surface area contributed by atoms with E-state index in [1.807, 2.05) is 0 Å². The number of rotatable bonds is 2. The summed E-state index contributed by atoms with van der Waals surface area (Å²) in [5, 5.41) is 3.43. The molecule has 0 aliphatic rings. The van der Waals surface area contributed by atoms with E-state index < -0.39 is 0 Å². The topological polar surface area (TPSA) is 26.0 Å². The smallest absolute Gasteiger partial charge is 0.0342 e. The van der Waals surface area contributed by atoms with Gasteiger partial charge in [-0.15, -0.1) is 11.3 Å². The van der Waals surface area contributed by atoms with E-state index >= 15 is 0 Å². The van der Waals surface area contributed by atoms with Crippen LogP contribution < -0.4 is 5.73 Å². The first-order chi connectivity index (χ1) is 6.31. The van der Waals surface area contributed by atoms with Gasteiger partial charge in [0, 0.05) is 10.7 Å². The fraction of sp³-hybridized carbons (Fsp3) is 0.273. The number of hydrogen-bond acceptors (Lipinski definition) is 2. The molecule has 0 radical (unpaired) electrons. The maximum Gasteiger partial charge on any atom is 0.0342 e. The molecule has 2 N–H and O–H groups in total. The first-order valence-electron chi connectivity index (χ1n) is 4.54. The molecule has 1 aromatic heterocycles. The van der Waals surface area contributed by atoms with E-state index in [9.17, 15) is 0 Å². The molecule has 1 heterocycles. The summed E-state index contributed by atoms with van der Waals surface area (Å²) in [6.45, 7) is 2.11. The molecule has 1 atom stereocenters. The highest BCUT2D eigenvalue weighted by molar-refractivity contribution is 7.17. The third-order valence-corrected chi connectivity index (χ3v) is 3.24. The van der Waals surface area contributed by atoms with Crippen molar-refractivity contribution in [3.63, 3.8) is 0 Å². The molecule has 0 bridgehead atoms. The van der Waals surface area contributed by atoms with Gasteiger partial charge in [0.15, 0.2) is 0 Å². The van der Waals surface area contributed by atoms with Crippen molar-refractivity contribution in [2.75, 3.05) is 0 Å². The fourth-order valence-corrected chi connectivity index (χ4v) is 2.22. The zero-order valence-corrected chi connectivity index (χ0v) is 8.47. The highest BCUT2D eigenvalue weighted by Gasteiger charge is 2.03. The largest absolute Gasteiger partial charge is 0.324 e. The summed E-state index contributed by atoms with van der Waals surface area (Å²) in [5.41, 5.74) is 7.20. The molecule has 2 rings (SSSR count). The molecule has 1 aromatic carbocycles. The van der Waals surface area contributed by atoms with E-state index in [0.29, 0.717) is 0 Å². The molecule has 2 heteroatoms. The summed E-state index contributed by atoms with van der Waals surface area (Å²) >= 11 is 1.77. The summed E-state index contributed by atoms with van der Waals surface area (Å²) in [5.74, 6) is 0. The molecule has 1 nitrogen and oxygen atoms in total. The Bertz CT molecular complexity index is 405. The first kappa shape index (κ1) is 8.73. The second-order valence-corrected chi connectivity index (χ2v) is 4.18. The van der Waals surface area contributed by atoms with Crippen molar-refractivity contribution in [1.29, 1.82) is 0 Å². The van der Waals surface area contributed by atoms with Gasteiger partial charge in [0.1, 0.15) is 0 Å². The summed E-state index contributed by atoms with van der Waals surface area (Å²) in [6, 6.07) is 8.81. The number of hydrogen-bond donors (Lipinski definition) is 1. The summed E-state index contributed by atoms with van der Waals surface area (Å²) in [4.78, 5) is 0. The van der Waals surface area contributed by atoms with Gasteiger partial charge in [-0.2, -0.15) is 0 Å². The number of fused-ring (bicyclic) bond motifs is 1. The lowest BCUT2D eigenvalue weighted by molar-refractivity contribution is 0.700. The number of thiophene rings is 1. The maximum atomic E-state index is 5.96. The van der Waals surface area contributed by atoms with Crippen molar-refractivity contribution in [2.45, 2.75) is 19.4 Å². The minimum atomic E-state index is 0.185. The standard InChI is InChI=1S/C11H13NS/c1-2-10(12)8-3-4-11-9(7-8)5-6-13-11/h3-7,10H,2,12H2,1H3/t10-/m1/s1. The zero-order valence-electron chi connectivity index (χ0n) is 7.66. The van der Waals surface area contributed by atoms with Crippen molar-refractivity contribution in [3.8, 4) is 0 Å². The quantitative estimate of drug-likeness (QED) is 0.774. The van der Waals surface area contributed by atoms with Gasteiger partial charge in [-0.25, -0.2) is 0 Å². The molecule has 0 fully saturated rings. The van der Waals surface area contributed by atoms with Crippen LogP contribution in [0.4, 0.5) is 0 Å². The maximum absolute atomic E-state index is 5.96. The van der Waals surface area contributed by atoms with Crippen molar-refractivity contribution >= 4 is 21.4 Å². The highest BCUT2D eigenvalue weighted by Crippen LogP contribution is 2.24. The van der Waals surface area contributed by atoms with Crippen LogP contribution in [0.25, 0.3) is 10.1 Å². The van der Waals surface area contributed by atoms with Crippen LogP contribution in [0.2, 0.25) is 0 Å².